The molecule has 162 valence electrons. The van der Waals surface area contributed by atoms with Crippen LogP contribution in [0.3, 0.4) is 0 Å². The minimum Gasteiger partial charge on any atom is -0.484 e. The Labute approximate surface area is 180 Å². The molecular formula is C25H34N2O3. The molecule has 0 aliphatic rings. The molecule has 0 saturated carbocycles. The molecule has 0 fully saturated rings. The van der Waals surface area contributed by atoms with Crippen molar-refractivity contribution in [2.75, 3.05) is 19.7 Å². The van der Waals surface area contributed by atoms with Crippen LogP contribution in [0.15, 0.2) is 48.5 Å². The van der Waals surface area contributed by atoms with E-state index in [-0.39, 0.29) is 18.4 Å². The molecule has 0 saturated heterocycles. The smallest absolute Gasteiger partial charge is 0.261 e. The van der Waals surface area contributed by atoms with Crippen molar-refractivity contribution >= 4 is 11.8 Å². The quantitative estimate of drug-likeness (QED) is 0.608. The number of amides is 2. The summed E-state index contributed by atoms with van der Waals surface area (Å²) in [7, 11) is 0. The molecule has 30 heavy (non-hydrogen) atoms. The van der Waals surface area contributed by atoms with Gasteiger partial charge in [0.25, 0.3) is 5.91 Å². The molecule has 1 N–H and O–H groups in total. The lowest BCUT2D eigenvalue weighted by atomic mass is 10.1. The number of hydrogen-bond donors (Lipinski definition) is 1. The Morgan fingerprint density at radius 3 is 2.30 bits per heavy atom. The summed E-state index contributed by atoms with van der Waals surface area (Å²) in [5.41, 5.74) is 3.31. The molecular weight excluding hydrogens is 376 g/mol. The molecule has 5 nitrogen and oxygen atoms in total. The Balaban J connectivity index is 2.12. The van der Waals surface area contributed by atoms with E-state index < -0.39 is 6.04 Å². The van der Waals surface area contributed by atoms with E-state index in [1.165, 1.54) is 0 Å². The first kappa shape index (κ1) is 23.5. The Morgan fingerprint density at radius 1 is 1.03 bits per heavy atom. The first-order valence-electron chi connectivity index (χ1n) is 10.8. The summed E-state index contributed by atoms with van der Waals surface area (Å²) < 4.78 is 5.80. The van der Waals surface area contributed by atoms with Gasteiger partial charge in [0, 0.05) is 13.1 Å². The van der Waals surface area contributed by atoms with Crippen molar-refractivity contribution in [3.05, 3.63) is 65.2 Å². The van der Waals surface area contributed by atoms with E-state index in [4.69, 9.17) is 4.74 Å². The lowest BCUT2D eigenvalue weighted by Gasteiger charge is -2.30. The number of carbonyl (C=O) groups is 2. The Hall–Kier alpha value is -2.82. The molecule has 0 bridgehead atoms. The number of hydrogen-bond acceptors (Lipinski definition) is 3. The van der Waals surface area contributed by atoms with Crippen molar-refractivity contribution in [2.24, 2.45) is 0 Å². The topological polar surface area (TPSA) is 58.6 Å². The zero-order valence-corrected chi connectivity index (χ0v) is 18.6. The first-order chi connectivity index (χ1) is 14.4. The van der Waals surface area contributed by atoms with E-state index in [1.54, 1.807) is 4.90 Å². The number of benzene rings is 2. The Kier molecular flexibility index (Phi) is 9.39. The van der Waals surface area contributed by atoms with Gasteiger partial charge in [-0.1, -0.05) is 50.2 Å². The number of nitrogens with zero attached hydrogens (tertiary/aromatic N) is 1. The molecule has 5 heteroatoms. The van der Waals surface area contributed by atoms with Crippen LogP contribution in [-0.2, 0) is 16.0 Å². The molecule has 0 unspecified atom stereocenters. The molecule has 0 heterocycles. The third-order valence-electron chi connectivity index (χ3n) is 4.98. The van der Waals surface area contributed by atoms with Crippen LogP contribution >= 0.6 is 0 Å². The van der Waals surface area contributed by atoms with Crippen LogP contribution in [-0.4, -0.2) is 42.5 Å². The summed E-state index contributed by atoms with van der Waals surface area (Å²) in [5, 5.41) is 2.93. The normalized spacial score (nSPS) is 11.6. The van der Waals surface area contributed by atoms with E-state index in [9.17, 15) is 9.59 Å². The second kappa shape index (κ2) is 12.0. The van der Waals surface area contributed by atoms with Crippen molar-refractivity contribution in [2.45, 2.75) is 53.0 Å². The van der Waals surface area contributed by atoms with E-state index >= 15 is 0 Å². The van der Waals surface area contributed by atoms with Crippen molar-refractivity contribution in [1.29, 1.82) is 0 Å². The highest BCUT2D eigenvalue weighted by atomic mass is 16.5. The molecule has 2 aromatic carbocycles. The fraction of sp³-hybridized carbons (Fsp3) is 0.440. The zero-order chi connectivity index (χ0) is 21.9. The maximum absolute atomic E-state index is 13.1. The molecule has 0 radical (unpaired) electrons. The number of rotatable bonds is 11. The SMILES string of the molecule is CCCNC(=O)[C@@H](CC)N(CCc1ccccc1)C(=O)COc1cc(C)cc(C)c1. The predicted molar refractivity (Wildman–Crippen MR) is 121 cm³/mol. The van der Waals surface area contributed by atoms with Gasteiger partial charge in [0.2, 0.25) is 5.91 Å². The van der Waals surface area contributed by atoms with Gasteiger partial charge in [-0.3, -0.25) is 9.59 Å². The largest absolute Gasteiger partial charge is 0.484 e. The van der Waals surface area contributed by atoms with Crippen molar-refractivity contribution in [3.63, 3.8) is 0 Å². The fourth-order valence-electron chi connectivity index (χ4n) is 3.51. The van der Waals surface area contributed by atoms with E-state index in [2.05, 4.69) is 11.4 Å². The van der Waals surface area contributed by atoms with E-state index in [1.807, 2.05) is 70.2 Å². The van der Waals surface area contributed by atoms with Crippen molar-refractivity contribution in [1.82, 2.24) is 10.2 Å². The third-order valence-corrected chi connectivity index (χ3v) is 4.98. The average molecular weight is 411 g/mol. The number of nitrogens with one attached hydrogen (secondary N) is 1. The molecule has 2 aromatic rings. The van der Waals surface area contributed by atoms with Crippen LogP contribution in [0.25, 0.3) is 0 Å². The summed E-state index contributed by atoms with van der Waals surface area (Å²) in [5.74, 6) is 0.392. The lowest BCUT2D eigenvalue weighted by molar-refractivity contribution is -0.142. The van der Waals surface area contributed by atoms with Gasteiger partial charge in [-0.15, -0.1) is 0 Å². The lowest BCUT2D eigenvalue weighted by Crippen LogP contribution is -2.51. The van der Waals surface area contributed by atoms with Gasteiger partial charge in [0.05, 0.1) is 0 Å². The minimum absolute atomic E-state index is 0.0881. The van der Waals surface area contributed by atoms with E-state index in [0.717, 1.165) is 23.1 Å². The molecule has 0 aliphatic heterocycles. The van der Waals surface area contributed by atoms with Crippen molar-refractivity contribution < 1.29 is 14.3 Å². The van der Waals surface area contributed by atoms with Gasteiger partial charge in [0.1, 0.15) is 11.8 Å². The highest BCUT2D eigenvalue weighted by molar-refractivity contribution is 5.88. The van der Waals surface area contributed by atoms with Gasteiger partial charge in [-0.05, 0) is 61.9 Å². The molecule has 0 aromatic heterocycles. The maximum atomic E-state index is 13.1. The minimum atomic E-state index is -0.504. The van der Waals surface area contributed by atoms with Crippen LogP contribution in [0.5, 0.6) is 5.75 Å². The van der Waals surface area contributed by atoms with Crippen LogP contribution in [0.2, 0.25) is 0 Å². The van der Waals surface area contributed by atoms with Crippen LogP contribution in [0, 0.1) is 13.8 Å². The fourth-order valence-corrected chi connectivity index (χ4v) is 3.51. The summed E-state index contributed by atoms with van der Waals surface area (Å²) in [6, 6.07) is 15.4. The van der Waals surface area contributed by atoms with Gasteiger partial charge in [-0.2, -0.15) is 0 Å². The standard InChI is InChI=1S/C25H34N2O3/c1-5-13-26-25(29)23(6-2)27(14-12-21-10-8-7-9-11-21)24(28)18-30-22-16-19(3)15-20(4)17-22/h7-11,15-17,23H,5-6,12-14,18H2,1-4H3,(H,26,29)/t23-/m1/s1. The molecule has 0 aliphatic carbocycles. The molecule has 2 amide bonds. The average Bonchev–Trinajstić information content (AvgIpc) is 2.73. The monoisotopic (exact) mass is 410 g/mol. The van der Waals surface area contributed by atoms with Gasteiger partial charge in [0.15, 0.2) is 6.61 Å². The van der Waals surface area contributed by atoms with Crippen LogP contribution < -0.4 is 10.1 Å². The van der Waals surface area contributed by atoms with Crippen molar-refractivity contribution in [3.8, 4) is 5.75 Å². The van der Waals surface area contributed by atoms with E-state index in [0.29, 0.717) is 31.7 Å². The summed E-state index contributed by atoms with van der Waals surface area (Å²) in [4.78, 5) is 27.5. The Morgan fingerprint density at radius 2 is 1.70 bits per heavy atom. The zero-order valence-electron chi connectivity index (χ0n) is 18.6. The first-order valence-corrected chi connectivity index (χ1v) is 10.8. The third kappa shape index (κ3) is 7.21. The second-order valence-electron chi connectivity index (χ2n) is 7.65. The van der Waals surface area contributed by atoms with Gasteiger partial charge < -0.3 is 15.0 Å². The molecule has 0 spiro atoms. The summed E-state index contributed by atoms with van der Waals surface area (Å²) >= 11 is 0. The Bertz CT molecular complexity index is 800. The predicted octanol–water partition coefficient (Wildman–Crippen LogP) is 4.06. The second-order valence-corrected chi connectivity index (χ2v) is 7.65. The number of carbonyl (C=O) groups excluding carboxylic acids is 2. The molecule has 1 atom stereocenters. The highest BCUT2D eigenvalue weighted by Gasteiger charge is 2.28. The highest BCUT2D eigenvalue weighted by Crippen LogP contribution is 2.17. The molecule has 2 rings (SSSR count). The maximum Gasteiger partial charge on any atom is 0.261 e. The van der Waals surface area contributed by atoms with Crippen LogP contribution in [0.4, 0.5) is 0 Å². The summed E-state index contributed by atoms with van der Waals surface area (Å²) in [6.07, 6.45) is 2.10. The van der Waals surface area contributed by atoms with Crippen LogP contribution in [0.1, 0.15) is 43.4 Å². The number of aryl methyl sites for hydroxylation is 2. The number of ether oxygens (including phenoxy) is 1. The summed E-state index contributed by atoms with van der Waals surface area (Å²) in [6.45, 7) is 8.93. The van der Waals surface area contributed by atoms with Gasteiger partial charge in [-0.25, -0.2) is 0 Å². The van der Waals surface area contributed by atoms with Gasteiger partial charge >= 0.3 is 0 Å².